The van der Waals surface area contributed by atoms with E-state index in [1.165, 1.54) is 0 Å². The normalized spacial score (nSPS) is 16.8. The van der Waals surface area contributed by atoms with Gasteiger partial charge >= 0.3 is 0 Å². The molecule has 0 saturated heterocycles. The summed E-state index contributed by atoms with van der Waals surface area (Å²) in [5, 5.41) is 16.6. The van der Waals surface area contributed by atoms with Crippen molar-refractivity contribution in [3.63, 3.8) is 0 Å². The van der Waals surface area contributed by atoms with Gasteiger partial charge in [-0.2, -0.15) is 5.26 Å². The van der Waals surface area contributed by atoms with Gasteiger partial charge in [-0.25, -0.2) is 0 Å². The molecule has 0 spiro atoms. The average molecular weight is 243 g/mol. The fourth-order valence-electron chi connectivity index (χ4n) is 0.173. The van der Waals surface area contributed by atoms with Gasteiger partial charge in [0.15, 0.2) is 0 Å². The third kappa shape index (κ3) is 2.65. The van der Waals surface area contributed by atoms with Crippen LogP contribution in [0.15, 0.2) is 0 Å². The van der Waals surface area contributed by atoms with Gasteiger partial charge in [-0.3, -0.25) is 0 Å². The van der Waals surface area contributed by atoms with Crippen molar-refractivity contribution in [1.82, 2.24) is 0 Å². The summed E-state index contributed by atoms with van der Waals surface area (Å²) in [5.74, 6) is 0. The van der Waals surface area contributed by atoms with Crippen molar-refractivity contribution in [2.45, 2.75) is 9.65 Å². The first-order chi connectivity index (χ1) is 3.72. The van der Waals surface area contributed by atoms with E-state index in [1.807, 2.05) is 6.07 Å². The molecule has 0 aromatic heterocycles. The second-order valence-corrected chi connectivity index (χ2v) is 3.39. The summed E-state index contributed by atoms with van der Waals surface area (Å²) in [6, 6.07) is 1.93. The van der Waals surface area contributed by atoms with Gasteiger partial charge in [0.1, 0.15) is 4.83 Å². The summed E-state index contributed by atoms with van der Waals surface area (Å²) >= 11 is 6.12. The molecule has 0 heterocycles. The minimum atomic E-state index is -0.299. The molecule has 0 rings (SSSR count). The highest BCUT2D eigenvalue weighted by Gasteiger charge is 2.12. The molecule has 0 aliphatic carbocycles. The number of aliphatic hydroxyl groups excluding tert-OH is 1. The van der Waals surface area contributed by atoms with Gasteiger partial charge in [0.2, 0.25) is 0 Å². The average Bonchev–Trinajstić information content (AvgIpc) is 1.84. The standard InChI is InChI=1S/C4H5Br2NO/c5-3(1-7)4(6)2-8/h3-4,8H,2H2/t3-,4+/m1/s1. The molecule has 8 heavy (non-hydrogen) atoms. The highest BCUT2D eigenvalue weighted by molar-refractivity contribution is 9.12. The van der Waals surface area contributed by atoms with Crippen LogP contribution in [0.25, 0.3) is 0 Å². The van der Waals surface area contributed by atoms with Crippen molar-refractivity contribution in [2.75, 3.05) is 6.61 Å². The second kappa shape index (κ2) is 4.30. The summed E-state index contributed by atoms with van der Waals surface area (Å²) in [4.78, 5) is -0.458. The predicted octanol–water partition coefficient (Wildman–Crippen LogP) is 1.03. The molecule has 0 amide bonds. The Morgan fingerprint density at radius 2 is 2.12 bits per heavy atom. The van der Waals surface area contributed by atoms with Crippen LogP contribution in [0.2, 0.25) is 0 Å². The zero-order valence-corrected chi connectivity index (χ0v) is 7.18. The number of aliphatic hydroxyl groups is 1. The monoisotopic (exact) mass is 241 g/mol. The van der Waals surface area contributed by atoms with Crippen molar-refractivity contribution >= 4 is 31.9 Å². The van der Waals surface area contributed by atoms with E-state index in [2.05, 4.69) is 31.9 Å². The lowest BCUT2D eigenvalue weighted by molar-refractivity contribution is 0.299. The largest absolute Gasteiger partial charge is 0.395 e. The van der Waals surface area contributed by atoms with Crippen LogP contribution < -0.4 is 0 Å². The molecule has 0 saturated carbocycles. The summed E-state index contributed by atoms with van der Waals surface area (Å²) in [6.45, 7) is -0.0243. The van der Waals surface area contributed by atoms with Gasteiger partial charge in [-0.1, -0.05) is 31.9 Å². The van der Waals surface area contributed by atoms with Crippen LogP contribution >= 0.6 is 31.9 Å². The van der Waals surface area contributed by atoms with Crippen LogP contribution in [0.4, 0.5) is 0 Å². The van der Waals surface area contributed by atoms with E-state index < -0.39 is 0 Å². The topological polar surface area (TPSA) is 44.0 Å². The molecule has 1 N–H and O–H groups in total. The molecule has 2 nitrogen and oxygen atoms in total. The zero-order chi connectivity index (χ0) is 6.57. The molecular weight excluding hydrogens is 238 g/mol. The van der Waals surface area contributed by atoms with Crippen LogP contribution in [0.3, 0.4) is 0 Å². The van der Waals surface area contributed by atoms with E-state index in [4.69, 9.17) is 10.4 Å². The maximum Gasteiger partial charge on any atom is 0.116 e. The third-order valence-electron chi connectivity index (χ3n) is 0.615. The summed E-state index contributed by atoms with van der Waals surface area (Å²) in [6.07, 6.45) is 0. The number of alkyl halides is 2. The first-order valence-electron chi connectivity index (χ1n) is 2.01. The van der Waals surface area contributed by atoms with E-state index in [0.717, 1.165) is 0 Å². The Hall–Kier alpha value is 0.410. The highest BCUT2D eigenvalue weighted by atomic mass is 79.9. The number of halogens is 2. The molecule has 0 aromatic rings. The molecule has 0 bridgehead atoms. The van der Waals surface area contributed by atoms with E-state index in [-0.39, 0.29) is 16.3 Å². The van der Waals surface area contributed by atoms with Gasteiger partial charge < -0.3 is 5.11 Å². The molecule has 0 radical (unpaired) electrons. The van der Waals surface area contributed by atoms with Crippen LogP contribution in [0, 0.1) is 11.3 Å². The Balaban J connectivity index is 3.49. The van der Waals surface area contributed by atoms with Crippen molar-refractivity contribution < 1.29 is 5.11 Å². The number of rotatable bonds is 2. The Bertz CT molecular complexity index is 101. The van der Waals surface area contributed by atoms with Crippen LogP contribution in [0.1, 0.15) is 0 Å². The molecule has 0 aliphatic rings. The molecule has 4 heteroatoms. The lowest BCUT2D eigenvalue weighted by Gasteiger charge is -2.03. The zero-order valence-electron chi connectivity index (χ0n) is 4.01. The molecule has 0 aliphatic heterocycles. The van der Waals surface area contributed by atoms with Gasteiger partial charge in [0.25, 0.3) is 0 Å². The fraction of sp³-hybridized carbons (Fsp3) is 0.750. The number of nitriles is 1. The van der Waals surface area contributed by atoms with Gasteiger partial charge in [-0.15, -0.1) is 0 Å². The molecule has 0 unspecified atom stereocenters. The Labute approximate surface area is 64.8 Å². The molecule has 46 valence electrons. The number of hydrogen-bond acceptors (Lipinski definition) is 2. The van der Waals surface area contributed by atoms with Crippen molar-refractivity contribution in [3.05, 3.63) is 0 Å². The second-order valence-electron chi connectivity index (χ2n) is 1.23. The van der Waals surface area contributed by atoms with Crippen molar-refractivity contribution in [2.24, 2.45) is 0 Å². The lowest BCUT2D eigenvalue weighted by Crippen LogP contribution is -2.15. The fourth-order valence-corrected chi connectivity index (χ4v) is 0.459. The lowest BCUT2D eigenvalue weighted by atomic mass is 10.3. The Morgan fingerprint density at radius 1 is 1.62 bits per heavy atom. The maximum atomic E-state index is 8.41. The van der Waals surface area contributed by atoms with E-state index in [9.17, 15) is 0 Å². The van der Waals surface area contributed by atoms with Gasteiger partial charge in [-0.05, 0) is 0 Å². The smallest absolute Gasteiger partial charge is 0.116 e. The summed E-state index contributed by atoms with van der Waals surface area (Å²) in [7, 11) is 0. The molecule has 0 aromatic carbocycles. The minimum absolute atomic E-state index is 0.0243. The Morgan fingerprint density at radius 3 is 2.25 bits per heavy atom. The first kappa shape index (κ1) is 8.41. The van der Waals surface area contributed by atoms with E-state index in [0.29, 0.717) is 0 Å². The summed E-state index contributed by atoms with van der Waals surface area (Å²) in [5.41, 5.74) is 0. The summed E-state index contributed by atoms with van der Waals surface area (Å²) < 4.78 is 0. The highest BCUT2D eigenvalue weighted by Crippen LogP contribution is 2.11. The quantitative estimate of drug-likeness (QED) is 0.736. The maximum absolute atomic E-state index is 8.41. The number of nitrogens with zero attached hydrogens (tertiary/aromatic N) is 1. The predicted molar refractivity (Wildman–Crippen MR) is 38.1 cm³/mol. The van der Waals surface area contributed by atoms with Crippen LogP contribution in [-0.4, -0.2) is 21.4 Å². The SMILES string of the molecule is N#C[C@@H](Br)[C@@H](Br)CO. The van der Waals surface area contributed by atoms with Crippen molar-refractivity contribution in [1.29, 1.82) is 5.26 Å². The minimum Gasteiger partial charge on any atom is -0.395 e. The van der Waals surface area contributed by atoms with Gasteiger partial charge in [0.05, 0.1) is 17.5 Å². The molecular formula is C4H5Br2NO. The van der Waals surface area contributed by atoms with Crippen molar-refractivity contribution in [3.8, 4) is 6.07 Å². The van der Waals surface area contributed by atoms with Gasteiger partial charge in [0, 0.05) is 0 Å². The number of hydrogen-bond donors (Lipinski definition) is 1. The molecule has 2 atom stereocenters. The first-order valence-corrected chi connectivity index (χ1v) is 3.84. The Kier molecular flexibility index (Phi) is 4.53. The van der Waals surface area contributed by atoms with Crippen LogP contribution in [-0.2, 0) is 0 Å². The van der Waals surface area contributed by atoms with E-state index >= 15 is 0 Å². The molecule has 0 fully saturated rings. The van der Waals surface area contributed by atoms with E-state index in [1.54, 1.807) is 0 Å². The van der Waals surface area contributed by atoms with Crippen LogP contribution in [0.5, 0.6) is 0 Å². The third-order valence-corrected chi connectivity index (χ3v) is 2.99.